The van der Waals surface area contributed by atoms with Gasteiger partial charge in [0.15, 0.2) is 0 Å². The van der Waals surface area contributed by atoms with E-state index in [2.05, 4.69) is 5.32 Å². The third kappa shape index (κ3) is 10.0. The zero-order chi connectivity index (χ0) is 18.1. The Hall–Kier alpha value is -0.950. The van der Waals surface area contributed by atoms with Crippen molar-refractivity contribution < 1.29 is 28.0 Å². The minimum absolute atomic E-state index is 0.0419. The number of phosphoric ester groups is 1. The third-order valence-corrected chi connectivity index (χ3v) is 3.91. The summed E-state index contributed by atoms with van der Waals surface area (Å²) in [5.41, 5.74) is -0.0434. The summed E-state index contributed by atoms with van der Waals surface area (Å²) in [6.45, 7) is 7.37. The van der Waals surface area contributed by atoms with Crippen LogP contribution in [0.5, 0.6) is 5.75 Å². The molecule has 0 bridgehead atoms. The predicted molar refractivity (Wildman–Crippen MR) is 92.1 cm³/mol. The van der Waals surface area contributed by atoms with Crippen molar-refractivity contribution in [2.45, 2.75) is 33.0 Å². The topological polar surface area (TPSA) is 86.2 Å². The van der Waals surface area contributed by atoms with E-state index in [-0.39, 0.29) is 6.61 Å². The van der Waals surface area contributed by atoms with Gasteiger partial charge in [-0.2, -0.15) is 0 Å². The van der Waals surface area contributed by atoms with Gasteiger partial charge in [0.1, 0.15) is 12.4 Å². The monoisotopic (exact) mass is 361 g/mol. The average Bonchev–Trinajstić information content (AvgIpc) is 2.47. The van der Waals surface area contributed by atoms with Crippen LogP contribution in [-0.2, 0) is 25.0 Å². The van der Waals surface area contributed by atoms with Gasteiger partial charge in [0, 0.05) is 6.54 Å². The second kappa shape index (κ2) is 10.1. The number of rotatable bonds is 11. The molecule has 1 atom stereocenters. The van der Waals surface area contributed by atoms with Crippen molar-refractivity contribution in [3.63, 3.8) is 0 Å². The Bertz CT molecular complexity index is 532. The van der Waals surface area contributed by atoms with Gasteiger partial charge in [-0.25, -0.2) is 4.57 Å². The Labute approximate surface area is 143 Å². The van der Waals surface area contributed by atoms with Gasteiger partial charge in [0.2, 0.25) is 0 Å². The maximum atomic E-state index is 11.8. The van der Waals surface area contributed by atoms with E-state index in [1.165, 1.54) is 0 Å². The molecule has 0 saturated carbocycles. The largest absolute Gasteiger partial charge is 0.491 e. The molecule has 0 amide bonds. The summed E-state index contributed by atoms with van der Waals surface area (Å²) in [5, 5.41) is 2.99. The van der Waals surface area contributed by atoms with Crippen LogP contribution in [0.15, 0.2) is 24.3 Å². The maximum absolute atomic E-state index is 11.8. The molecule has 1 aromatic carbocycles. The summed E-state index contributed by atoms with van der Waals surface area (Å²) in [7, 11) is -2.23. The minimum Gasteiger partial charge on any atom is -0.491 e. The highest BCUT2D eigenvalue weighted by atomic mass is 31.2. The van der Waals surface area contributed by atoms with E-state index in [1.807, 2.05) is 7.05 Å². The maximum Gasteiger partial charge on any atom is 0.473 e. The van der Waals surface area contributed by atoms with Crippen LogP contribution in [0.3, 0.4) is 0 Å². The molecule has 2 N–H and O–H groups in total. The second-order valence-electron chi connectivity index (χ2n) is 6.16. The van der Waals surface area contributed by atoms with Gasteiger partial charge in [-0.05, 0) is 45.5 Å². The molecule has 0 heterocycles. The highest BCUT2D eigenvalue weighted by molar-refractivity contribution is 7.47. The molecule has 24 heavy (non-hydrogen) atoms. The van der Waals surface area contributed by atoms with E-state index in [0.29, 0.717) is 25.6 Å². The zero-order valence-corrected chi connectivity index (χ0v) is 15.7. The summed E-state index contributed by atoms with van der Waals surface area (Å²) in [4.78, 5) is 9.68. The molecule has 0 spiro atoms. The molecular weight excluding hydrogens is 333 g/mol. The Balaban J connectivity index is 2.41. The third-order valence-electron chi connectivity index (χ3n) is 2.67. The van der Waals surface area contributed by atoms with E-state index in [9.17, 15) is 9.46 Å². The van der Waals surface area contributed by atoms with Crippen LogP contribution >= 0.6 is 7.82 Å². The first-order chi connectivity index (χ1) is 11.2. The van der Waals surface area contributed by atoms with E-state index in [1.54, 1.807) is 45.0 Å². The minimum atomic E-state index is -4.10. The average molecular weight is 361 g/mol. The Kier molecular flexibility index (Phi) is 8.91. The van der Waals surface area contributed by atoms with Gasteiger partial charge >= 0.3 is 7.82 Å². The van der Waals surface area contributed by atoms with Crippen LogP contribution in [0.25, 0.3) is 0 Å². The van der Waals surface area contributed by atoms with Gasteiger partial charge < -0.3 is 19.7 Å². The molecule has 0 radical (unpaired) electrons. The number of likely N-dealkylation sites (N-methyl/N-ethyl adjacent to an activating group) is 1. The van der Waals surface area contributed by atoms with Crippen molar-refractivity contribution in [3.8, 4) is 5.75 Å². The van der Waals surface area contributed by atoms with Gasteiger partial charge in [-0.3, -0.25) is 9.05 Å². The van der Waals surface area contributed by atoms with Crippen molar-refractivity contribution in [1.29, 1.82) is 0 Å². The molecule has 1 rings (SSSR count). The normalized spacial score (nSPS) is 14.4. The fourth-order valence-electron chi connectivity index (χ4n) is 1.75. The van der Waals surface area contributed by atoms with Crippen molar-refractivity contribution >= 4 is 7.82 Å². The summed E-state index contributed by atoms with van der Waals surface area (Å²) < 4.78 is 32.8. The lowest BCUT2D eigenvalue weighted by Gasteiger charge is -2.22. The first-order valence-electron chi connectivity index (χ1n) is 7.84. The number of phosphoric acid groups is 1. The molecule has 0 fully saturated rings. The fourth-order valence-corrected chi connectivity index (χ4v) is 2.81. The molecule has 1 unspecified atom stereocenters. The lowest BCUT2D eigenvalue weighted by molar-refractivity contribution is 0.0586. The van der Waals surface area contributed by atoms with Gasteiger partial charge in [-0.15, -0.1) is 0 Å². The summed E-state index contributed by atoms with van der Waals surface area (Å²) >= 11 is 0. The Morgan fingerprint density at radius 2 is 1.96 bits per heavy atom. The molecule has 138 valence electrons. The summed E-state index contributed by atoms with van der Waals surface area (Å²) in [5.74, 6) is 0.651. The Morgan fingerprint density at radius 3 is 2.62 bits per heavy atom. The highest BCUT2D eigenvalue weighted by Gasteiger charge is 2.28. The molecule has 8 heteroatoms. The lowest BCUT2D eigenvalue weighted by Crippen LogP contribution is -2.18. The lowest BCUT2D eigenvalue weighted by atomic mass is 10.2. The molecule has 0 aliphatic carbocycles. The number of hydrogen-bond donors (Lipinski definition) is 2. The van der Waals surface area contributed by atoms with Crippen LogP contribution < -0.4 is 10.1 Å². The van der Waals surface area contributed by atoms with Crippen LogP contribution in [0.1, 0.15) is 26.3 Å². The number of benzene rings is 1. The first kappa shape index (κ1) is 21.1. The molecule has 0 aliphatic heterocycles. The molecule has 0 aliphatic rings. The second-order valence-corrected chi connectivity index (χ2v) is 7.54. The number of hydrogen-bond acceptors (Lipinski definition) is 6. The van der Waals surface area contributed by atoms with E-state index < -0.39 is 13.4 Å². The van der Waals surface area contributed by atoms with E-state index in [4.69, 9.17) is 18.5 Å². The summed E-state index contributed by atoms with van der Waals surface area (Å²) in [6.07, 6.45) is 0. The van der Waals surface area contributed by atoms with Crippen LogP contribution in [0.4, 0.5) is 0 Å². The summed E-state index contributed by atoms with van der Waals surface area (Å²) in [6, 6.07) is 7.14. The standard InChI is InChI=1S/C16H28NO6P/c1-16(2,3)23-24(18,19)22-13-14-6-5-7-15(12-14)21-11-10-20-9-8-17-4/h5-7,12,17H,8-11,13H2,1-4H3,(H,18,19). The Morgan fingerprint density at radius 1 is 1.21 bits per heavy atom. The van der Waals surface area contributed by atoms with Crippen LogP contribution in [0.2, 0.25) is 0 Å². The predicted octanol–water partition coefficient (Wildman–Crippen LogP) is 2.73. The van der Waals surface area contributed by atoms with Crippen LogP contribution in [-0.4, -0.2) is 43.9 Å². The van der Waals surface area contributed by atoms with Crippen molar-refractivity contribution in [3.05, 3.63) is 29.8 Å². The zero-order valence-electron chi connectivity index (χ0n) is 14.8. The SMILES string of the molecule is CNCCOCCOc1cccc(COP(=O)(O)OC(C)(C)C)c1. The van der Waals surface area contributed by atoms with Crippen molar-refractivity contribution in [1.82, 2.24) is 5.32 Å². The quantitative estimate of drug-likeness (QED) is 0.463. The number of ether oxygens (including phenoxy) is 2. The molecule has 7 nitrogen and oxygen atoms in total. The van der Waals surface area contributed by atoms with Crippen LogP contribution in [0, 0.1) is 0 Å². The molecule has 0 saturated heterocycles. The van der Waals surface area contributed by atoms with E-state index >= 15 is 0 Å². The van der Waals surface area contributed by atoms with E-state index in [0.717, 1.165) is 12.1 Å². The fraction of sp³-hybridized carbons (Fsp3) is 0.625. The smallest absolute Gasteiger partial charge is 0.473 e. The van der Waals surface area contributed by atoms with Gasteiger partial charge in [0.05, 0.1) is 25.4 Å². The van der Waals surface area contributed by atoms with Gasteiger partial charge in [-0.1, -0.05) is 12.1 Å². The number of nitrogens with one attached hydrogen (secondary N) is 1. The van der Waals surface area contributed by atoms with Crippen molar-refractivity contribution in [2.24, 2.45) is 0 Å². The molecular formula is C16H28NO6P. The highest BCUT2D eigenvalue weighted by Crippen LogP contribution is 2.47. The molecule has 1 aromatic rings. The van der Waals surface area contributed by atoms with Gasteiger partial charge in [0.25, 0.3) is 0 Å². The van der Waals surface area contributed by atoms with Crippen molar-refractivity contribution in [2.75, 3.05) is 33.4 Å². The molecule has 0 aromatic heterocycles. The first-order valence-corrected chi connectivity index (χ1v) is 9.33.